The van der Waals surface area contributed by atoms with E-state index in [0.29, 0.717) is 0 Å². The first-order valence-corrected chi connectivity index (χ1v) is 8.51. The number of rotatable bonds is 3. The number of fused-ring (bicyclic) bond motifs is 1. The lowest BCUT2D eigenvalue weighted by Gasteiger charge is -2.39. The van der Waals surface area contributed by atoms with Crippen LogP contribution in [-0.4, -0.2) is 41.9 Å². The minimum Gasteiger partial charge on any atom is -0.368 e. The van der Waals surface area contributed by atoms with Gasteiger partial charge in [0.25, 0.3) is 0 Å². The Labute approximate surface area is 137 Å². The maximum absolute atomic E-state index is 12.9. The van der Waals surface area contributed by atoms with Crippen LogP contribution < -0.4 is 10.6 Å². The van der Waals surface area contributed by atoms with Gasteiger partial charge in [0.2, 0.25) is 11.8 Å². The molecule has 0 unspecified atom stereocenters. The third-order valence-electron chi connectivity index (χ3n) is 5.07. The summed E-state index contributed by atoms with van der Waals surface area (Å²) in [5.41, 5.74) is 7.75. The highest BCUT2D eigenvalue weighted by Gasteiger charge is 2.33. The molecule has 0 saturated carbocycles. The second-order valence-electron chi connectivity index (χ2n) is 6.66. The molecule has 2 amide bonds. The highest BCUT2D eigenvalue weighted by Crippen LogP contribution is 2.31. The number of hydrogen-bond donors (Lipinski definition) is 1. The number of hydrogen-bond acceptors (Lipinski definition) is 3. The van der Waals surface area contributed by atoms with Gasteiger partial charge in [-0.15, -0.1) is 0 Å². The molecule has 2 N–H and O–H groups in total. The monoisotopic (exact) mass is 315 g/mol. The molecular formula is C18H25N3O2. The van der Waals surface area contributed by atoms with E-state index in [4.69, 9.17) is 5.73 Å². The van der Waals surface area contributed by atoms with Crippen LogP contribution in [0.5, 0.6) is 0 Å². The van der Waals surface area contributed by atoms with Crippen molar-refractivity contribution in [2.75, 3.05) is 18.0 Å². The molecule has 2 heterocycles. The van der Waals surface area contributed by atoms with Crippen molar-refractivity contribution in [3.63, 3.8) is 0 Å². The highest BCUT2D eigenvalue weighted by atomic mass is 16.2. The first-order valence-electron chi connectivity index (χ1n) is 8.51. The minimum atomic E-state index is -0.315. The predicted octanol–water partition coefficient (Wildman–Crippen LogP) is 1.69. The topological polar surface area (TPSA) is 66.6 Å². The lowest BCUT2D eigenvalue weighted by Crippen LogP contribution is -2.53. The summed E-state index contributed by atoms with van der Waals surface area (Å²) in [4.78, 5) is 28.4. The van der Waals surface area contributed by atoms with Crippen LogP contribution in [0, 0.1) is 0 Å². The summed E-state index contributed by atoms with van der Waals surface area (Å²) in [6, 6.07) is 7.99. The van der Waals surface area contributed by atoms with Gasteiger partial charge in [0.05, 0.1) is 12.6 Å². The molecule has 3 rings (SSSR count). The normalized spacial score (nSPS) is 25.0. The first kappa shape index (κ1) is 16.0. The van der Waals surface area contributed by atoms with Crippen molar-refractivity contribution in [1.82, 2.24) is 4.90 Å². The van der Waals surface area contributed by atoms with Crippen LogP contribution in [0.3, 0.4) is 0 Å². The minimum absolute atomic E-state index is 0.0674. The molecular weight excluding hydrogens is 290 g/mol. The third kappa shape index (κ3) is 3.24. The molecule has 5 nitrogen and oxygen atoms in total. The number of nitrogens with two attached hydrogens (primary N) is 1. The second-order valence-corrected chi connectivity index (χ2v) is 6.66. The van der Waals surface area contributed by atoms with Crippen LogP contribution in [0.2, 0.25) is 0 Å². The van der Waals surface area contributed by atoms with Crippen LogP contribution in [0.25, 0.3) is 0 Å². The molecule has 23 heavy (non-hydrogen) atoms. The summed E-state index contributed by atoms with van der Waals surface area (Å²) in [5.74, 6) is -0.248. The van der Waals surface area contributed by atoms with Crippen molar-refractivity contribution in [3.05, 3.63) is 29.8 Å². The largest absolute Gasteiger partial charge is 0.368 e. The van der Waals surface area contributed by atoms with Crippen LogP contribution in [0.15, 0.2) is 24.3 Å². The summed E-state index contributed by atoms with van der Waals surface area (Å²) in [5, 5.41) is 0. The quantitative estimate of drug-likeness (QED) is 0.923. The lowest BCUT2D eigenvalue weighted by molar-refractivity contribution is -0.127. The molecule has 0 radical (unpaired) electrons. The van der Waals surface area contributed by atoms with Gasteiger partial charge in [-0.05, 0) is 50.8 Å². The number of carbonyl (C=O) groups is 2. The molecule has 2 atom stereocenters. The summed E-state index contributed by atoms with van der Waals surface area (Å²) in [6.07, 6.45) is 4.76. The highest BCUT2D eigenvalue weighted by molar-refractivity contribution is 5.97. The smallest absolute Gasteiger partial charge is 0.241 e. The van der Waals surface area contributed by atoms with Crippen molar-refractivity contribution in [3.8, 4) is 0 Å². The maximum Gasteiger partial charge on any atom is 0.241 e. The fourth-order valence-corrected chi connectivity index (χ4v) is 3.82. The number of amides is 2. The average Bonchev–Trinajstić information content (AvgIpc) is 2.54. The Morgan fingerprint density at radius 2 is 2.00 bits per heavy atom. The number of anilines is 1. The van der Waals surface area contributed by atoms with E-state index < -0.39 is 0 Å². The van der Waals surface area contributed by atoms with Crippen molar-refractivity contribution in [1.29, 1.82) is 0 Å². The standard InChI is InChI=1S/C18H25N3O2/c1-13-9-10-14-6-2-3-7-15(14)21(13)17(22)12-20-11-5-4-8-16(20)18(19)23/h2-3,6-7,13,16H,4-5,8-12H2,1H3,(H2,19,23)/t13-,16-/m1/s1. The predicted molar refractivity (Wildman–Crippen MR) is 90.1 cm³/mol. The molecule has 2 aliphatic rings. The van der Waals surface area contributed by atoms with Gasteiger partial charge in [-0.1, -0.05) is 24.6 Å². The Bertz CT molecular complexity index is 602. The Morgan fingerprint density at radius 3 is 2.78 bits per heavy atom. The zero-order valence-electron chi connectivity index (χ0n) is 13.7. The summed E-state index contributed by atoms with van der Waals surface area (Å²) >= 11 is 0. The van der Waals surface area contributed by atoms with Crippen LogP contribution in [0.4, 0.5) is 5.69 Å². The number of nitrogens with zero attached hydrogens (tertiary/aromatic N) is 2. The Balaban J connectivity index is 1.78. The number of aryl methyl sites for hydroxylation is 1. The van der Waals surface area contributed by atoms with Gasteiger partial charge in [-0.2, -0.15) is 0 Å². The van der Waals surface area contributed by atoms with Crippen LogP contribution in [0.1, 0.15) is 38.2 Å². The van der Waals surface area contributed by atoms with Crippen molar-refractivity contribution >= 4 is 17.5 Å². The molecule has 0 aromatic heterocycles. The SMILES string of the molecule is C[C@@H]1CCc2ccccc2N1C(=O)CN1CCCC[C@@H]1C(N)=O. The number of likely N-dealkylation sites (tertiary alicyclic amines) is 1. The van der Waals surface area contributed by atoms with E-state index in [0.717, 1.165) is 44.3 Å². The van der Waals surface area contributed by atoms with Gasteiger partial charge in [-0.25, -0.2) is 0 Å². The van der Waals surface area contributed by atoms with E-state index in [-0.39, 0.29) is 30.4 Å². The molecule has 1 fully saturated rings. The summed E-state index contributed by atoms with van der Waals surface area (Å²) in [7, 11) is 0. The van der Waals surface area contributed by atoms with Crippen molar-refractivity contribution in [2.45, 2.75) is 51.1 Å². The maximum atomic E-state index is 12.9. The molecule has 0 bridgehead atoms. The van der Waals surface area contributed by atoms with E-state index in [1.165, 1.54) is 5.56 Å². The molecule has 0 aliphatic carbocycles. The van der Waals surface area contributed by atoms with E-state index in [2.05, 4.69) is 13.0 Å². The van der Waals surface area contributed by atoms with Crippen molar-refractivity contribution in [2.24, 2.45) is 5.73 Å². The van der Waals surface area contributed by atoms with E-state index in [9.17, 15) is 9.59 Å². The van der Waals surface area contributed by atoms with Crippen molar-refractivity contribution < 1.29 is 9.59 Å². The number of para-hydroxylation sites is 1. The summed E-state index contributed by atoms with van der Waals surface area (Å²) < 4.78 is 0. The van der Waals surface area contributed by atoms with Crippen LogP contribution in [-0.2, 0) is 16.0 Å². The Kier molecular flexibility index (Phi) is 4.66. The Hall–Kier alpha value is -1.88. The molecule has 1 saturated heterocycles. The fourth-order valence-electron chi connectivity index (χ4n) is 3.82. The zero-order valence-corrected chi connectivity index (χ0v) is 13.7. The van der Waals surface area contributed by atoms with E-state index >= 15 is 0 Å². The molecule has 1 aromatic rings. The van der Waals surface area contributed by atoms with E-state index in [1.54, 1.807) is 0 Å². The molecule has 1 aromatic carbocycles. The number of carbonyl (C=O) groups excluding carboxylic acids is 2. The average molecular weight is 315 g/mol. The molecule has 0 spiro atoms. The lowest BCUT2D eigenvalue weighted by atomic mass is 9.96. The van der Waals surface area contributed by atoms with Gasteiger partial charge < -0.3 is 10.6 Å². The second kappa shape index (κ2) is 6.71. The molecule has 5 heteroatoms. The molecule has 124 valence electrons. The van der Waals surface area contributed by atoms with E-state index in [1.807, 2.05) is 28.0 Å². The van der Waals surface area contributed by atoms with Gasteiger partial charge in [0.1, 0.15) is 0 Å². The first-order chi connectivity index (χ1) is 11.1. The van der Waals surface area contributed by atoms with Gasteiger partial charge in [-0.3, -0.25) is 14.5 Å². The number of piperidine rings is 1. The third-order valence-corrected chi connectivity index (χ3v) is 5.07. The van der Waals surface area contributed by atoms with Gasteiger partial charge in [0.15, 0.2) is 0 Å². The zero-order chi connectivity index (χ0) is 16.4. The van der Waals surface area contributed by atoms with Gasteiger partial charge in [0, 0.05) is 11.7 Å². The summed E-state index contributed by atoms with van der Waals surface area (Å²) in [6.45, 7) is 3.13. The number of benzene rings is 1. The van der Waals surface area contributed by atoms with Crippen LogP contribution >= 0.6 is 0 Å². The van der Waals surface area contributed by atoms with Gasteiger partial charge >= 0.3 is 0 Å². The Morgan fingerprint density at radius 1 is 1.22 bits per heavy atom. The number of primary amides is 1. The fraction of sp³-hybridized carbons (Fsp3) is 0.556. The molecule has 2 aliphatic heterocycles.